The van der Waals surface area contributed by atoms with Crippen LogP contribution in [0.25, 0.3) is 0 Å². The number of alkyl halides is 1. The van der Waals surface area contributed by atoms with Crippen LogP contribution in [0.5, 0.6) is 0 Å². The molecule has 1 N–H and O–H groups in total. The molecule has 1 aliphatic heterocycles. The van der Waals surface area contributed by atoms with Crippen LogP contribution in [0.15, 0.2) is 0 Å². The number of hydrogen-bond acceptors (Lipinski definition) is 3. The summed E-state index contributed by atoms with van der Waals surface area (Å²) in [7, 11) is 0. The highest BCUT2D eigenvalue weighted by atomic mass is 35.5. The molecule has 5 heteroatoms. The molecule has 0 aromatic carbocycles. The molecule has 0 saturated carbocycles. The number of ether oxygens (including phenoxy) is 1. The lowest BCUT2D eigenvalue weighted by atomic mass is 9.77. The summed E-state index contributed by atoms with van der Waals surface area (Å²) in [4.78, 5) is 11.8. The number of halogens is 2. The largest absolute Gasteiger partial charge is 0.466 e. The van der Waals surface area contributed by atoms with Gasteiger partial charge in [0, 0.05) is 5.88 Å². The fraction of sp³-hybridized carbons (Fsp3) is 0.900. The van der Waals surface area contributed by atoms with E-state index in [0.29, 0.717) is 12.5 Å². The quantitative estimate of drug-likeness (QED) is 0.617. The van der Waals surface area contributed by atoms with Crippen LogP contribution >= 0.6 is 24.0 Å². The van der Waals surface area contributed by atoms with Gasteiger partial charge in [-0.05, 0) is 39.3 Å². The van der Waals surface area contributed by atoms with Crippen molar-refractivity contribution in [1.29, 1.82) is 0 Å². The van der Waals surface area contributed by atoms with Crippen molar-refractivity contribution in [2.45, 2.75) is 26.2 Å². The topological polar surface area (TPSA) is 38.3 Å². The van der Waals surface area contributed by atoms with E-state index >= 15 is 0 Å². The van der Waals surface area contributed by atoms with Crippen molar-refractivity contribution in [3.8, 4) is 0 Å². The van der Waals surface area contributed by atoms with Gasteiger partial charge in [0.2, 0.25) is 0 Å². The Morgan fingerprint density at radius 2 is 2.07 bits per heavy atom. The number of nitrogens with one attached hydrogen (secondary N) is 1. The lowest BCUT2D eigenvalue weighted by Crippen LogP contribution is -2.43. The number of hydrogen-bond donors (Lipinski definition) is 1. The third-order valence-corrected chi connectivity index (χ3v) is 3.03. The van der Waals surface area contributed by atoms with Gasteiger partial charge in [0.1, 0.15) is 0 Å². The average molecular weight is 256 g/mol. The molecular weight excluding hydrogens is 237 g/mol. The van der Waals surface area contributed by atoms with Gasteiger partial charge >= 0.3 is 5.97 Å². The van der Waals surface area contributed by atoms with Gasteiger partial charge in [-0.3, -0.25) is 4.79 Å². The molecular formula is C10H19Cl2NO2. The van der Waals surface area contributed by atoms with Crippen molar-refractivity contribution in [2.24, 2.45) is 5.41 Å². The van der Waals surface area contributed by atoms with Gasteiger partial charge in [-0.15, -0.1) is 24.0 Å². The zero-order chi connectivity index (χ0) is 10.4. The van der Waals surface area contributed by atoms with Gasteiger partial charge < -0.3 is 10.1 Å². The van der Waals surface area contributed by atoms with Gasteiger partial charge in [-0.25, -0.2) is 0 Å². The third-order valence-electron chi connectivity index (χ3n) is 2.84. The maximum atomic E-state index is 11.8. The Labute approximate surface area is 102 Å². The Morgan fingerprint density at radius 3 is 2.53 bits per heavy atom. The van der Waals surface area contributed by atoms with E-state index < -0.39 is 0 Å². The van der Waals surface area contributed by atoms with Crippen LogP contribution in [0.2, 0.25) is 0 Å². The molecule has 1 heterocycles. The highest BCUT2D eigenvalue weighted by Gasteiger charge is 2.40. The van der Waals surface area contributed by atoms with Crippen LogP contribution in [0.1, 0.15) is 26.2 Å². The molecule has 0 bridgehead atoms. The van der Waals surface area contributed by atoms with Crippen LogP contribution in [0.3, 0.4) is 0 Å². The number of esters is 1. The first-order valence-electron chi connectivity index (χ1n) is 5.19. The smallest absolute Gasteiger partial charge is 0.312 e. The summed E-state index contributed by atoms with van der Waals surface area (Å²) in [6, 6.07) is 0. The molecule has 0 aromatic heterocycles. The maximum absolute atomic E-state index is 11.8. The molecule has 0 spiro atoms. The van der Waals surface area contributed by atoms with Gasteiger partial charge in [0.15, 0.2) is 0 Å². The molecule has 0 radical (unpaired) electrons. The Bertz CT molecular complexity index is 188. The van der Waals surface area contributed by atoms with E-state index in [1.165, 1.54) is 0 Å². The molecule has 0 atom stereocenters. The summed E-state index contributed by atoms with van der Waals surface area (Å²) in [5.74, 6) is 0.459. The minimum atomic E-state index is -0.316. The first-order valence-corrected chi connectivity index (χ1v) is 5.72. The van der Waals surface area contributed by atoms with Crippen molar-refractivity contribution in [1.82, 2.24) is 5.32 Å². The van der Waals surface area contributed by atoms with Crippen LogP contribution in [0.4, 0.5) is 0 Å². The number of piperidine rings is 1. The fourth-order valence-electron chi connectivity index (χ4n) is 1.93. The molecule has 0 aromatic rings. The van der Waals surface area contributed by atoms with Crippen LogP contribution in [-0.2, 0) is 9.53 Å². The van der Waals surface area contributed by atoms with Gasteiger partial charge in [-0.1, -0.05) is 0 Å². The molecule has 1 aliphatic rings. The number of rotatable bonds is 4. The van der Waals surface area contributed by atoms with E-state index in [2.05, 4.69) is 5.32 Å². The van der Waals surface area contributed by atoms with Gasteiger partial charge in [0.25, 0.3) is 0 Å². The number of carbonyl (C=O) groups excluding carboxylic acids is 1. The molecule has 1 rings (SSSR count). The molecule has 0 aliphatic carbocycles. The lowest BCUT2D eigenvalue weighted by molar-refractivity contribution is -0.157. The summed E-state index contributed by atoms with van der Waals surface area (Å²) in [5, 5.41) is 3.24. The summed E-state index contributed by atoms with van der Waals surface area (Å²) in [6.45, 7) is 4.06. The lowest BCUT2D eigenvalue weighted by Gasteiger charge is -2.34. The Balaban J connectivity index is 0.00000196. The summed E-state index contributed by atoms with van der Waals surface area (Å²) < 4.78 is 5.11. The van der Waals surface area contributed by atoms with Crippen LogP contribution < -0.4 is 5.32 Å². The standard InChI is InChI=1S/C10H18ClNO2.ClH/c1-2-14-9(13)10(3-6-11)4-7-12-8-5-10;/h12H,2-8H2,1H3;1H. The zero-order valence-corrected chi connectivity index (χ0v) is 10.6. The van der Waals surface area contributed by atoms with E-state index in [1.807, 2.05) is 6.92 Å². The highest BCUT2D eigenvalue weighted by Crippen LogP contribution is 2.34. The first-order chi connectivity index (χ1) is 6.75. The van der Waals surface area contributed by atoms with E-state index in [4.69, 9.17) is 16.3 Å². The Morgan fingerprint density at radius 1 is 1.47 bits per heavy atom. The normalized spacial score (nSPS) is 19.1. The second-order valence-electron chi connectivity index (χ2n) is 3.69. The second kappa shape index (κ2) is 7.31. The highest BCUT2D eigenvalue weighted by molar-refractivity contribution is 6.18. The van der Waals surface area contributed by atoms with Crippen molar-refractivity contribution < 1.29 is 9.53 Å². The Hall–Kier alpha value is 0.01000. The predicted molar refractivity (Wildman–Crippen MR) is 63.8 cm³/mol. The van der Waals surface area contributed by atoms with Crippen molar-refractivity contribution in [2.75, 3.05) is 25.6 Å². The second-order valence-corrected chi connectivity index (χ2v) is 4.07. The molecule has 1 fully saturated rings. The van der Waals surface area contributed by atoms with E-state index in [1.54, 1.807) is 0 Å². The van der Waals surface area contributed by atoms with E-state index in [-0.39, 0.29) is 23.8 Å². The maximum Gasteiger partial charge on any atom is 0.312 e. The van der Waals surface area contributed by atoms with E-state index in [0.717, 1.165) is 32.4 Å². The molecule has 0 unspecified atom stereocenters. The fourth-order valence-corrected chi connectivity index (χ4v) is 2.29. The van der Waals surface area contributed by atoms with E-state index in [9.17, 15) is 4.79 Å². The monoisotopic (exact) mass is 255 g/mol. The van der Waals surface area contributed by atoms with Crippen molar-refractivity contribution in [3.63, 3.8) is 0 Å². The minimum absolute atomic E-state index is 0. The van der Waals surface area contributed by atoms with Crippen LogP contribution in [0, 0.1) is 5.41 Å². The van der Waals surface area contributed by atoms with Gasteiger partial charge in [0.05, 0.1) is 12.0 Å². The summed E-state index contributed by atoms with van der Waals surface area (Å²) >= 11 is 5.74. The SMILES string of the molecule is CCOC(=O)C1(CCCl)CCNCC1.Cl. The average Bonchev–Trinajstić information content (AvgIpc) is 2.20. The van der Waals surface area contributed by atoms with Crippen molar-refractivity contribution >= 4 is 30.0 Å². The number of carbonyl (C=O) groups is 1. The molecule has 3 nitrogen and oxygen atoms in total. The van der Waals surface area contributed by atoms with Crippen molar-refractivity contribution in [3.05, 3.63) is 0 Å². The summed E-state index contributed by atoms with van der Waals surface area (Å²) in [5.41, 5.74) is -0.316. The van der Waals surface area contributed by atoms with Gasteiger partial charge in [-0.2, -0.15) is 0 Å². The molecule has 15 heavy (non-hydrogen) atoms. The first kappa shape index (κ1) is 15.0. The molecule has 90 valence electrons. The molecule has 0 amide bonds. The predicted octanol–water partition coefficient (Wildman–Crippen LogP) is 1.97. The minimum Gasteiger partial charge on any atom is -0.466 e. The Kier molecular flexibility index (Phi) is 7.32. The van der Waals surface area contributed by atoms with Crippen LogP contribution in [-0.4, -0.2) is 31.5 Å². The molecule has 1 saturated heterocycles. The zero-order valence-electron chi connectivity index (χ0n) is 9.05. The summed E-state index contributed by atoms with van der Waals surface area (Å²) in [6.07, 6.45) is 2.42. The third kappa shape index (κ3) is 3.82.